The number of aromatic nitrogens is 3. The van der Waals surface area contributed by atoms with E-state index in [9.17, 15) is 5.11 Å². The van der Waals surface area contributed by atoms with Gasteiger partial charge in [0.2, 0.25) is 11.9 Å². The molecule has 0 spiro atoms. The average molecular weight is 267 g/mol. The third-order valence-corrected chi connectivity index (χ3v) is 3.59. The van der Waals surface area contributed by atoms with E-state index in [0.29, 0.717) is 19.0 Å². The van der Waals surface area contributed by atoms with Crippen molar-refractivity contribution in [2.75, 3.05) is 17.7 Å². The molecule has 0 radical (unpaired) electrons. The van der Waals surface area contributed by atoms with Crippen LogP contribution in [0.5, 0.6) is 6.01 Å². The molecule has 0 aliphatic heterocycles. The first kappa shape index (κ1) is 13.8. The smallest absolute Gasteiger partial charge is 0.323 e. The maximum Gasteiger partial charge on any atom is 0.323 e. The second kappa shape index (κ2) is 5.16. The van der Waals surface area contributed by atoms with E-state index in [1.165, 1.54) is 0 Å². The number of nitrogen functional groups attached to an aromatic ring is 1. The highest BCUT2D eigenvalue weighted by Crippen LogP contribution is 2.41. The number of aliphatic hydroxyl groups excluding tert-OH is 1. The van der Waals surface area contributed by atoms with Crippen LogP contribution in [0.3, 0.4) is 0 Å². The fourth-order valence-corrected chi connectivity index (χ4v) is 2.00. The SMILES string of the molecule is CCCOc1nc(N)nc(NC2CC(O)C2(C)C)n1. The first-order valence-electron chi connectivity index (χ1n) is 6.52. The summed E-state index contributed by atoms with van der Waals surface area (Å²) in [5.41, 5.74) is 5.43. The number of nitrogens with zero attached hydrogens (tertiary/aromatic N) is 3. The Kier molecular flexibility index (Phi) is 3.75. The van der Waals surface area contributed by atoms with Gasteiger partial charge in [-0.25, -0.2) is 0 Å². The maximum atomic E-state index is 9.71. The zero-order valence-electron chi connectivity index (χ0n) is 11.6. The molecule has 1 heterocycles. The Morgan fingerprint density at radius 1 is 1.42 bits per heavy atom. The third kappa shape index (κ3) is 2.86. The molecule has 1 fully saturated rings. The number of ether oxygens (including phenoxy) is 1. The molecule has 1 aromatic rings. The van der Waals surface area contributed by atoms with Gasteiger partial charge >= 0.3 is 6.01 Å². The first-order chi connectivity index (χ1) is 8.93. The Bertz CT molecular complexity index is 452. The lowest BCUT2D eigenvalue weighted by Crippen LogP contribution is -2.57. The number of nitrogens with two attached hydrogens (primary N) is 1. The molecule has 0 aromatic carbocycles. The van der Waals surface area contributed by atoms with Crippen molar-refractivity contribution in [1.29, 1.82) is 0 Å². The van der Waals surface area contributed by atoms with Crippen LogP contribution in [0.4, 0.5) is 11.9 Å². The zero-order chi connectivity index (χ0) is 14.0. The maximum absolute atomic E-state index is 9.71. The lowest BCUT2D eigenvalue weighted by molar-refractivity contribution is -0.0513. The molecule has 1 aliphatic rings. The molecule has 1 saturated carbocycles. The molecule has 2 atom stereocenters. The van der Waals surface area contributed by atoms with Gasteiger partial charge < -0.3 is 20.9 Å². The fraction of sp³-hybridized carbons (Fsp3) is 0.750. The molecule has 0 saturated heterocycles. The standard InChI is InChI=1S/C12H21N5O2/c1-4-5-19-11-16-9(13)15-10(17-11)14-7-6-8(18)12(7,2)3/h7-8,18H,4-6H2,1-3H3,(H3,13,14,15,16,17). The van der Waals surface area contributed by atoms with E-state index in [1.807, 2.05) is 20.8 Å². The van der Waals surface area contributed by atoms with Crippen molar-refractivity contribution in [1.82, 2.24) is 15.0 Å². The minimum Gasteiger partial charge on any atom is -0.463 e. The van der Waals surface area contributed by atoms with E-state index in [-0.39, 0.29) is 29.5 Å². The van der Waals surface area contributed by atoms with Crippen LogP contribution in [0.25, 0.3) is 0 Å². The molecule has 2 unspecified atom stereocenters. The Balaban J connectivity index is 2.06. The molecule has 1 aliphatic carbocycles. The van der Waals surface area contributed by atoms with Gasteiger partial charge in [-0.1, -0.05) is 20.8 Å². The van der Waals surface area contributed by atoms with Gasteiger partial charge in [-0.05, 0) is 12.8 Å². The van der Waals surface area contributed by atoms with Crippen LogP contribution in [0.15, 0.2) is 0 Å². The van der Waals surface area contributed by atoms with Gasteiger partial charge in [-0.3, -0.25) is 0 Å². The number of anilines is 2. The summed E-state index contributed by atoms with van der Waals surface area (Å²) in [6, 6.07) is 0.345. The quantitative estimate of drug-likeness (QED) is 0.724. The molecule has 19 heavy (non-hydrogen) atoms. The highest BCUT2D eigenvalue weighted by Gasteiger charge is 2.47. The van der Waals surface area contributed by atoms with Crippen LogP contribution in [-0.4, -0.2) is 38.8 Å². The Labute approximate surface area is 112 Å². The second-order valence-corrected chi connectivity index (χ2v) is 5.42. The zero-order valence-corrected chi connectivity index (χ0v) is 11.6. The Morgan fingerprint density at radius 3 is 2.74 bits per heavy atom. The first-order valence-corrected chi connectivity index (χ1v) is 6.52. The molecule has 1 aromatic heterocycles. The predicted molar refractivity (Wildman–Crippen MR) is 71.8 cm³/mol. The molecule has 7 heteroatoms. The van der Waals surface area contributed by atoms with Crippen molar-refractivity contribution >= 4 is 11.9 Å². The largest absolute Gasteiger partial charge is 0.463 e. The molecule has 2 rings (SSSR count). The molecule has 106 valence electrons. The van der Waals surface area contributed by atoms with Gasteiger partial charge in [0.15, 0.2) is 0 Å². The summed E-state index contributed by atoms with van der Waals surface area (Å²) in [6.07, 6.45) is 1.24. The van der Waals surface area contributed by atoms with Crippen molar-refractivity contribution in [3.05, 3.63) is 0 Å². The van der Waals surface area contributed by atoms with Gasteiger partial charge in [-0.2, -0.15) is 15.0 Å². The number of rotatable bonds is 5. The highest BCUT2D eigenvalue weighted by molar-refractivity contribution is 5.35. The minimum atomic E-state index is -0.306. The Hall–Kier alpha value is -1.63. The van der Waals surface area contributed by atoms with Crippen LogP contribution in [-0.2, 0) is 0 Å². The monoisotopic (exact) mass is 267 g/mol. The fourth-order valence-electron chi connectivity index (χ4n) is 2.00. The van der Waals surface area contributed by atoms with Crippen LogP contribution in [0.2, 0.25) is 0 Å². The van der Waals surface area contributed by atoms with Crippen molar-refractivity contribution in [3.8, 4) is 6.01 Å². The number of hydrogen-bond acceptors (Lipinski definition) is 7. The Morgan fingerprint density at radius 2 is 2.16 bits per heavy atom. The van der Waals surface area contributed by atoms with Gasteiger partial charge in [0, 0.05) is 11.5 Å². The van der Waals surface area contributed by atoms with Crippen LogP contribution in [0, 0.1) is 5.41 Å². The summed E-state index contributed by atoms with van der Waals surface area (Å²) in [5.74, 6) is 0.518. The lowest BCUT2D eigenvalue weighted by atomic mass is 9.65. The normalized spacial score (nSPS) is 24.6. The van der Waals surface area contributed by atoms with Crippen LogP contribution in [0.1, 0.15) is 33.6 Å². The average Bonchev–Trinajstić information content (AvgIpc) is 2.35. The number of aliphatic hydroxyl groups is 1. The second-order valence-electron chi connectivity index (χ2n) is 5.42. The minimum absolute atomic E-state index is 0.114. The summed E-state index contributed by atoms with van der Waals surface area (Å²) in [7, 11) is 0. The third-order valence-electron chi connectivity index (χ3n) is 3.59. The van der Waals surface area contributed by atoms with Crippen molar-refractivity contribution in [3.63, 3.8) is 0 Å². The van der Waals surface area contributed by atoms with Gasteiger partial charge in [0.1, 0.15) is 0 Å². The van der Waals surface area contributed by atoms with Crippen molar-refractivity contribution < 1.29 is 9.84 Å². The molecular formula is C12H21N5O2. The summed E-state index contributed by atoms with van der Waals surface area (Å²) < 4.78 is 5.35. The van der Waals surface area contributed by atoms with E-state index < -0.39 is 0 Å². The van der Waals surface area contributed by atoms with Gasteiger partial charge in [-0.15, -0.1) is 0 Å². The van der Waals surface area contributed by atoms with E-state index in [4.69, 9.17) is 10.5 Å². The van der Waals surface area contributed by atoms with Gasteiger partial charge in [0.05, 0.1) is 12.7 Å². The van der Waals surface area contributed by atoms with Crippen LogP contribution < -0.4 is 15.8 Å². The van der Waals surface area contributed by atoms with E-state index in [0.717, 1.165) is 6.42 Å². The summed E-state index contributed by atoms with van der Waals surface area (Å²) in [5, 5.41) is 12.9. The molecule has 7 nitrogen and oxygen atoms in total. The summed E-state index contributed by atoms with van der Waals surface area (Å²) in [6.45, 7) is 6.54. The predicted octanol–water partition coefficient (Wildman–Crippen LogP) is 0.814. The van der Waals surface area contributed by atoms with Crippen LogP contribution >= 0.6 is 0 Å². The van der Waals surface area contributed by atoms with E-state index >= 15 is 0 Å². The van der Waals surface area contributed by atoms with E-state index in [1.54, 1.807) is 0 Å². The van der Waals surface area contributed by atoms with Gasteiger partial charge in [0.25, 0.3) is 0 Å². The van der Waals surface area contributed by atoms with E-state index in [2.05, 4.69) is 20.3 Å². The summed E-state index contributed by atoms with van der Waals surface area (Å²) >= 11 is 0. The molecular weight excluding hydrogens is 246 g/mol. The summed E-state index contributed by atoms with van der Waals surface area (Å²) in [4.78, 5) is 12.1. The number of nitrogens with one attached hydrogen (secondary N) is 1. The van der Waals surface area contributed by atoms with Crippen molar-refractivity contribution in [2.45, 2.75) is 45.8 Å². The highest BCUT2D eigenvalue weighted by atomic mass is 16.5. The lowest BCUT2D eigenvalue weighted by Gasteiger charge is -2.49. The van der Waals surface area contributed by atoms with Crippen molar-refractivity contribution in [2.24, 2.45) is 5.41 Å². The molecule has 0 bridgehead atoms. The number of hydrogen-bond donors (Lipinski definition) is 3. The topological polar surface area (TPSA) is 106 Å². The molecule has 0 amide bonds. The molecule has 4 N–H and O–H groups in total.